The maximum Gasteiger partial charge on any atom is 0.254 e. The number of amides is 1. The monoisotopic (exact) mass is 311 g/mol. The Morgan fingerprint density at radius 3 is 2.48 bits per heavy atom. The first-order chi connectivity index (χ1) is 9.74. The summed E-state index contributed by atoms with van der Waals surface area (Å²) in [6, 6.07) is 6.83. The van der Waals surface area contributed by atoms with Crippen molar-refractivity contribution in [3.63, 3.8) is 0 Å². The van der Waals surface area contributed by atoms with Crippen molar-refractivity contribution in [3.8, 4) is 0 Å². The van der Waals surface area contributed by atoms with Crippen LogP contribution in [0.5, 0.6) is 0 Å². The van der Waals surface area contributed by atoms with Crippen LogP contribution >= 0.6 is 0 Å². The fraction of sp³-hybridized carbons (Fsp3) is 0.533. The maximum atomic E-state index is 12.5. The minimum atomic E-state index is -3.11. The van der Waals surface area contributed by atoms with Crippen molar-refractivity contribution in [2.24, 2.45) is 0 Å². The molecule has 2 rings (SSSR count). The molecule has 1 saturated heterocycles. The van der Waals surface area contributed by atoms with E-state index in [-0.39, 0.29) is 23.9 Å². The normalized spacial score (nSPS) is 23.1. The Morgan fingerprint density at radius 1 is 1.29 bits per heavy atom. The Labute approximate surface area is 125 Å². The highest BCUT2D eigenvalue weighted by atomic mass is 32.2. The minimum Gasteiger partial charge on any atom is -0.372 e. The zero-order valence-corrected chi connectivity index (χ0v) is 13.4. The van der Waals surface area contributed by atoms with E-state index >= 15 is 0 Å². The summed E-state index contributed by atoms with van der Waals surface area (Å²) in [6.45, 7) is 4.99. The summed E-state index contributed by atoms with van der Waals surface area (Å²) in [5.74, 6) is -0.128. The lowest BCUT2D eigenvalue weighted by atomic mass is 10.1. The van der Waals surface area contributed by atoms with Crippen LogP contribution in [-0.2, 0) is 20.3 Å². The molecule has 0 aliphatic carbocycles. The van der Waals surface area contributed by atoms with Crippen LogP contribution in [0, 0.1) is 0 Å². The third-order valence-corrected chi connectivity index (χ3v) is 4.17. The van der Waals surface area contributed by atoms with Crippen LogP contribution in [0.2, 0.25) is 0 Å². The molecule has 1 amide bonds. The summed E-state index contributed by atoms with van der Waals surface area (Å²) in [4.78, 5) is 14.3. The van der Waals surface area contributed by atoms with Crippen LogP contribution in [-0.4, -0.2) is 50.8 Å². The second kappa shape index (κ2) is 6.15. The van der Waals surface area contributed by atoms with E-state index in [2.05, 4.69) is 0 Å². The first kappa shape index (κ1) is 16.0. The van der Waals surface area contributed by atoms with E-state index in [9.17, 15) is 13.2 Å². The molecule has 1 aliphatic rings. The molecule has 1 heterocycles. The lowest BCUT2D eigenvalue weighted by Crippen LogP contribution is -2.48. The second-order valence-corrected chi connectivity index (χ2v) is 7.88. The molecule has 116 valence electrons. The van der Waals surface area contributed by atoms with Gasteiger partial charge in [0.2, 0.25) is 0 Å². The molecule has 0 radical (unpaired) electrons. The topological polar surface area (TPSA) is 63.7 Å². The zero-order chi connectivity index (χ0) is 15.6. The summed E-state index contributed by atoms with van der Waals surface area (Å²) in [5.41, 5.74) is 1.16. The van der Waals surface area contributed by atoms with Crippen molar-refractivity contribution >= 4 is 15.7 Å². The van der Waals surface area contributed by atoms with Crippen LogP contribution in [0.3, 0.4) is 0 Å². The highest BCUT2D eigenvalue weighted by Crippen LogP contribution is 2.16. The quantitative estimate of drug-likeness (QED) is 0.848. The van der Waals surface area contributed by atoms with Crippen LogP contribution in [0.15, 0.2) is 24.3 Å². The number of sulfone groups is 1. The fourth-order valence-corrected chi connectivity index (χ4v) is 3.41. The summed E-state index contributed by atoms with van der Waals surface area (Å²) in [7, 11) is -3.11. The zero-order valence-electron chi connectivity index (χ0n) is 12.6. The third-order valence-electron chi connectivity index (χ3n) is 3.31. The molecule has 0 unspecified atom stereocenters. The molecular weight excluding hydrogens is 290 g/mol. The molecule has 0 aromatic heterocycles. The van der Waals surface area contributed by atoms with E-state index in [0.717, 1.165) is 0 Å². The molecule has 0 bridgehead atoms. The number of carbonyl (C=O) groups excluding carboxylic acids is 1. The lowest BCUT2D eigenvalue weighted by molar-refractivity contribution is -0.0586. The summed E-state index contributed by atoms with van der Waals surface area (Å²) in [6.07, 6.45) is 1.21. The van der Waals surface area contributed by atoms with Crippen LogP contribution < -0.4 is 0 Å². The predicted octanol–water partition coefficient (Wildman–Crippen LogP) is 1.48. The molecule has 21 heavy (non-hydrogen) atoms. The van der Waals surface area contributed by atoms with Gasteiger partial charge in [0, 0.05) is 24.9 Å². The van der Waals surface area contributed by atoms with Gasteiger partial charge in [-0.1, -0.05) is 12.1 Å². The molecule has 1 fully saturated rings. The van der Waals surface area contributed by atoms with Gasteiger partial charge in [0.15, 0.2) is 9.84 Å². The van der Waals surface area contributed by atoms with Crippen molar-refractivity contribution in [1.82, 2.24) is 4.90 Å². The van der Waals surface area contributed by atoms with Crippen molar-refractivity contribution in [1.29, 1.82) is 0 Å². The van der Waals surface area contributed by atoms with Gasteiger partial charge in [-0.2, -0.15) is 0 Å². The Bertz CT molecular complexity index is 616. The van der Waals surface area contributed by atoms with Gasteiger partial charge in [0.1, 0.15) is 0 Å². The van der Waals surface area contributed by atoms with Crippen molar-refractivity contribution in [2.45, 2.75) is 31.8 Å². The van der Waals surface area contributed by atoms with Gasteiger partial charge < -0.3 is 9.64 Å². The van der Waals surface area contributed by atoms with E-state index in [1.807, 2.05) is 13.8 Å². The number of ether oxygens (including phenoxy) is 1. The SMILES string of the molecule is C[C@@H]1CN(C(=O)c2cccc(CS(C)(=O)=O)c2)C[C@@H](C)O1. The first-order valence-corrected chi connectivity index (χ1v) is 9.02. The smallest absolute Gasteiger partial charge is 0.254 e. The number of hydrogen-bond donors (Lipinski definition) is 0. The minimum absolute atomic E-state index is 0.0110. The fourth-order valence-electron chi connectivity index (χ4n) is 2.62. The average Bonchev–Trinajstić information content (AvgIpc) is 2.35. The summed E-state index contributed by atoms with van der Waals surface area (Å²) < 4.78 is 28.3. The molecule has 5 nitrogen and oxygen atoms in total. The van der Waals surface area contributed by atoms with E-state index in [4.69, 9.17) is 4.74 Å². The van der Waals surface area contributed by atoms with Crippen LogP contribution in [0.1, 0.15) is 29.8 Å². The molecule has 1 aromatic carbocycles. The van der Waals surface area contributed by atoms with Gasteiger partial charge in [0.25, 0.3) is 5.91 Å². The van der Waals surface area contributed by atoms with Gasteiger partial charge in [-0.3, -0.25) is 4.79 Å². The number of carbonyl (C=O) groups is 1. The van der Waals surface area contributed by atoms with E-state index in [1.165, 1.54) is 6.26 Å². The molecule has 0 saturated carbocycles. The van der Waals surface area contributed by atoms with E-state index in [1.54, 1.807) is 29.2 Å². The number of rotatable bonds is 3. The first-order valence-electron chi connectivity index (χ1n) is 6.96. The molecular formula is C15H21NO4S. The molecule has 1 aromatic rings. The van der Waals surface area contributed by atoms with Gasteiger partial charge >= 0.3 is 0 Å². The largest absolute Gasteiger partial charge is 0.372 e. The number of benzene rings is 1. The average molecular weight is 311 g/mol. The van der Waals surface area contributed by atoms with Gasteiger partial charge in [-0.15, -0.1) is 0 Å². The van der Waals surface area contributed by atoms with Gasteiger partial charge in [-0.25, -0.2) is 8.42 Å². The Kier molecular flexibility index (Phi) is 4.68. The standard InChI is InChI=1S/C15H21NO4S/c1-11-8-16(9-12(2)20-11)15(17)14-6-4-5-13(7-14)10-21(3,18)19/h4-7,11-12H,8-10H2,1-3H3/t11-,12-/m1/s1. The predicted molar refractivity (Wildman–Crippen MR) is 80.9 cm³/mol. The van der Waals surface area contributed by atoms with Crippen LogP contribution in [0.25, 0.3) is 0 Å². The third kappa shape index (κ3) is 4.54. The Hall–Kier alpha value is -1.40. The van der Waals surface area contributed by atoms with Crippen LogP contribution in [0.4, 0.5) is 0 Å². The molecule has 1 aliphatic heterocycles. The number of hydrogen-bond acceptors (Lipinski definition) is 4. The number of morpholine rings is 1. The lowest BCUT2D eigenvalue weighted by Gasteiger charge is -2.35. The number of nitrogens with zero attached hydrogens (tertiary/aromatic N) is 1. The summed E-state index contributed by atoms with van der Waals surface area (Å²) >= 11 is 0. The van der Waals surface area contributed by atoms with Gasteiger partial charge in [-0.05, 0) is 31.5 Å². The highest BCUT2D eigenvalue weighted by molar-refractivity contribution is 7.89. The highest BCUT2D eigenvalue weighted by Gasteiger charge is 2.26. The Morgan fingerprint density at radius 2 is 1.90 bits per heavy atom. The van der Waals surface area contributed by atoms with Crippen molar-refractivity contribution in [3.05, 3.63) is 35.4 Å². The van der Waals surface area contributed by atoms with Crippen molar-refractivity contribution < 1.29 is 17.9 Å². The van der Waals surface area contributed by atoms with E-state index in [0.29, 0.717) is 24.2 Å². The molecule has 0 spiro atoms. The van der Waals surface area contributed by atoms with E-state index < -0.39 is 9.84 Å². The Balaban J connectivity index is 2.17. The molecule has 2 atom stereocenters. The van der Waals surface area contributed by atoms with Crippen molar-refractivity contribution in [2.75, 3.05) is 19.3 Å². The van der Waals surface area contributed by atoms with Gasteiger partial charge in [0.05, 0.1) is 18.0 Å². The maximum absolute atomic E-state index is 12.5. The summed E-state index contributed by atoms with van der Waals surface area (Å²) in [5, 5.41) is 0. The second-order valence-electron chi connectivity index (χ2n) is 5.74. The molecule has 6 heteroatoms. The molecule has 0 N–H and O–H groups in total.